The molecule has 1 unspecified atom stereocenters. The van der Waals surface area contributed by atoms with Crippen LogP contribution in [-0.4, -0.2) is 17.5 Å². The van der Waals surface area contributed by atoms with Gasteiger partial charge in [0.25, 0.3) is 5.69 Å². The standard InChI is InChI=1S/C22H22N4O3S/c27-26(28)17-9-7-16(8-10-17)14-23-22(24-15-18-4-3-13-30-18)25-20-11-12-29-21-6-2-1-5-19(20)21/h1-10,13,20H,11-12,14-15H2,(H2,23,24,25). The van der Waals surface area contributed by atoms with E-state index in [1.807, 2.05) is 29.6 Å². The van der Waals surface area contributed by atoms with Crippen molar-refractivity contribution in [2.24, 2.45) is 4.99 Å². The van der Waals surface area contributed by atoms with Crippen molar-refractivity contribution in [3.05, 3.63) is 92.2 Å². The summed E-state index contributed by atoms with van der Waals surface area (Å²) < 4.78 is 5.76. The Kier molecular flexibility index (Phi) is 6.24. The molecule has 1 aromatic heterocycles. The van der Waals surface area contributed by atoms with Crippen LogP contribution in [0, 0.1) is 10.1 Å². The van der Waals surface area contributed by atoms with E-state index in [1.165, 1.54) is 17.0 Å². The highest BCUT2D eigenvalue weighted by Crippen LogP contribution is 2.31. The second-order valence-corrected chi connectivity index (χ2v) is 7.93. The lowest BCUT2D eigenvalue weighted by molar-refractivity contribution is -0.384. The molecule has 0 radical (unpaired) electrons. The minimum atomic E-state index is -0.398. The lowest BCUT2D eigenvalue weighted by Crippen LogP contribution is -2.40. The van der Waals surface area contributed by atoms with Crippen LogP contribution in [0.4, 0.5) is 5.69 Å². The maximum absolute atomic E-state index is 10.8. The molecule has 1 atom stereocenters. The molecule has 0 saturated heterocycles. The number of thiophene rings is 1. The fraction of sp³-hybridized carbons (Fsp3) is 0.227. The van der Waals surface area contributed by atoms with Crippen LogP contribution in [0.2, 0.25) is 0 Å². The van der Waals surface area contributed by atoms with Gasteiger partial charge in [-0.25, -0.2) is 4.99 Å². The Labute approximate surface area is 178 Å². The molecule has 0 spiro atoms. The van der Waals surface area contributed by atoms with E-state index in [4.69, 9.17) is 9.73 Å². The third-order valence-corrected chi connectivity index (χ3v) is 5.72. The quantitative estimate of drug-likeness (QED) is 0.266. The van der Waals surface area contributed by atoms with E-state index < -0.39 is 4.92 Å². The van der Waals surface area contributed by atoms with Crippen LogP contribution in [-0.2, 0) is 13.1 Å². The van der Waals surface area contributed by atoms with Crippen LogP contribution in [0.1, 0.15) is 28.5 Å². The molecule has 0 saturated carbocycles. The Morgan fingerprint density at radius 2 is 2.00 bits per heavy atom. The number of hydrogen-bond donors (Lipinski definition) is 2. The molecular formula is C22H22N4O3S. The summed E-state index contributed by atoms with van der Waals surface area (Å²) in [5.74, 6) is 1.60. The Morgan fingerprint density at radius 3 is 2.77 bits per heavy atom. The van der Waals surface area contributed by atoms with Gasteiger partial charge in [-0.3, -0.25) is 10.1 Å². The molecule has 30 heavy (non-hydrogen) atoms. The molecule has 2 N–H and O–H groups in total. The normalized spacial score (nSPS) is 15.7. The average molecular weight is 423 g/mol. The first-order valence-corrected chi connectivity index (χ1v) is 10.6. The van der Waals surface area contributed by atoms with Gasteiger partial charge in [0.15, 0.2) is 5.96 Å². The highest BCUT2D eigenvalue weighted by molar-refractivity contribution is 7.09. The summed E-state index contributed by atoms with van der Waals surface area (Å²) in [6.45, 7) is 1.74. The van der Waals surface area contributed by atoms with Crippen LogP contribution < -0.4 is 15.4 Å². The van der Waals surface area contributed by atoms with E-state index in [0.29, 0.717) is 25.7 Å². The molecule has 1 aliphatic heterocycles. The number of non-ortho nitro benzene ring substituents is 1. The molecular weight excluding hydrogens is 400 g/mol. The number of aliphatic imine (C=N–C) groups is 1. The smallest absolute Gasteiger partial charge is 0.269 e. The number of nitro benzene ring substituents is 1. The predicted molar refractivity (Wildman–Crippen MR) is 118 cm³/mol. The van der Waals surface area contributed by atoms with Gasteiger partial charge in [-0.2, -0.15) is 0 Å². The highest BCUT2D eigenvalue weighted by atomic mass is 32.1. The molecule has 0 fully saturated rings. The topological polar surface area (TPSA) is 88.8 Å². The summed E-state index contributed by atoms with van der Waals surface area (Å²) in [5.41, 5.74) is 2.10. The number of guanidine groups is 1. The van der Waals surface area contributed by atoms with Crippen molar-refractivity contribution in [1.82, 2.24) is 10.6 Å². The van der Waals surface area contributed by atoms with Crippen molar-refractivity contribution < 1.29 is 9.66 Å². The first kappa shape index (κ1) is 19.9. The molecule has 0 aliphatic carbocycles. The van der Waals surface area contributed by atoms with E-state index in [1.54, 1.807) is 23.5 Å². The molecule has 1 aliphatic rings. The largest absolute Gasteiger partial charge is 0.493 e. The lowest BCUT2D eigenvalue weighted by Gasteiger charge is -2.28. The van der Waals surface area contributed by atoms with Crippen LogP contribution in [0.15, 0.2) is 71.0 Å². The summed E-state index contributed by atoms with van der Waals surface area (Å²) in [4.78, 5) is 16.4. The Morgan fingerprint density at radius 1 is 1.17 bits per heavy atom. The molecule has 2 aromatic carbocycles. The third-order valence-electron chi connectivity index (χ3n) is 4.85. The summed E-state index contributed by atoms with van der Waals surface area (Å²) in [5, 5.41) is 19.8. The van der Waals surface area contributed by atoms with Crippen molar-refractivity contribution in [3.8, 4) is 5.75 Å². The van der Waals surface area contributed by atoms with Gasteiger partial charge in [0.1, 0.15) is 5.75 Å². The highest BCUT2D eigenvalue weighted by Gasteiger charge is 2.22. The number of benzene rings is 2. The zero-order chi connectivity index (χ0) is 20.8. The van der Waals surface area contributed by atoms with Crippen molar-refractivity contribution in [2.45, 2.75) is 25.6 Å². The number of para-hydroxylation sites is 1. The second-order valence-electron chi connectivity index (χ2n) is 6.89. The number of fused-ring (bicyclic) bond motifs is 1. The van der Waals surface area contributed by atoms with Gasteiger partial charge in [-0.1, -0.05) is 36.4 Å². The zero-order valence-corrected chi connectivity index (χ0v) is 17.1. The molecule has 7 nitrogen and oxygen atoms in total. The van der Waals surface area contributed by atoms with Crippen molar-refractivity contribution in [1.29, 1.82) is 0 Å². The molecule has 0 amide bonds. The van der Waals surface area contributed by atoms with Gasteiger partial charge in [-0.05, 0) is 23.1 Å². The maximum Gasteiger partial charge on any atom is 0.269 e. The monoisotopic (exact) mass is 422 g/mol. The summed E-state index contributed by atoms with van der Waals surface area (Å²) >= 11 is 1.69. The van der Waals surface area contributed by atoms with E-state index in [9.17, 15) is 10.1 Å². The molecule has 154 valence electrons. The Bertz CT molecular complexity index is 1020. The lowest BCUT2D eigenvalue weighted by atomic mass is 10.0. The number of nitrogens with one attached hydrogen (secondary N) is 2. The first-order chi connectivity index (χ1) is 14.7. The third kappa shape index (κ3) is 4.96. The molecule has 4 rings (SSSR count). The van der Waals surface area contributed by atoms with Crippen LogP contribution in [0.5, 0.6) is 5.75 Å². The molecule has 3 aromatic rings. The van der Waals surface area contributed by atoms with Crippen LogP contribution in [0.3, 0.4) is 0 Å². The fourth-order valence-corrected chi connectivity index (χ4v) is 3.93. The van der Waals surface area contributed by atoms with Gasteiger partial charge in [0.2, 0.25) is 0 Å². The van der Waals surface area contributed by atoms with Crippen LogP contribution >= 0.6 is 11.3 Å². The number of ether oxygens (including phenoxy) is 1. The van der Waals surface area contributed by atoms with Gasteiger partial charge in [-0.15, -0.1) is 11.3 Å². The number of nitro groups is 1. The van der Waals surface area contributed by atoms with E-state index in [2.05, 4.69) is 22.8 Å². The van der Waals surface area contributed by atoms with Crippen molar-refractivity contribution in [3.63, 3.8) is 0 Å². The minimum Gasteiger partial charge on any atom is -0.493 e. The van der Waals surface area contributed by atoms with Crippen molar-refractivity contribution in [2.75, 3.05) is 6.61 Å². The number of rotatable bonds is 6. The number of hydrogen-bond acceptors (Lipinski definition) is 5. The van der Waals surface area contributed by atoms with E-state index in [0.717, 1.165) is 23.3 Å². The van der Waals surface area contributed by atoms with Crippen LogP contribution in [0.25, 0.3) is 0 Å². The molecule has 8 heteroatoms. The fourth-order valence-electron chi connectivity index (χ4n) is 3.29. The zero-order valence-electron chi connectivity index (χ0n) is 16.3. The van der Waals surface area contributed by atoms with Crippen molar-refractivity contribution >= 4 is 23.0 Å². The maximum atomic E-state index is 10.8. The average Bonchev–Trinajstić information content (AvgIpc) is 3.30. The second kappa shape index (κ2) is 9.41. The van der Waals surface area contributed by atoms with Gasteiger partial charge >= 0.3 is 0 Å². The van der Waals surface area contributed by atoms with E-state index >= 15 is 0 Å². The Balaban J connectivity index is 1.50. The minimum absolute atomic E-state index is 0.0794. The summed E-state index contributed by atoms with van der Waals surface area (Å²) in [6.07, 6.45) is 0.842. The molecule has 0 bridgehead atoms. The van der Waals surface area contributed by atoms with E-state index in [-0.39, 0.29) is 11.7 Å². The molecule has 2 heterocycles. The summed E-state index contributed by atoms with van der Waals surface area (Å²) in [7, 11) is 0. The van der Waals surface area contributed by atoms with Gasteiger partial charge in [0, 0.05) is 29.0 Å². The predicted octanol–water partition coefficient (Wildman–Crippen LogP) is 4.42. The van der Waals surface area contributed by atoms with Gasteiger partial charge < -0.3 is 15.4 Å². The SMILES string of the molecule is O=[N+]([O-])c1ccc(CN=C(NCc2cccs2)NC2CCOc3ccccc32)cc1. The van der Waals surface area contributed by atoms with Gasteiger partial charge in [0.05, 0.1) is 30.7 Å². The Hall–Kier alpha value is -3.39. The summed E-state index contributed by atoms with van der Waals surface area (Å²) in [6, 6.07) is 18.7. The number of nitrogens with zero attached hydrogens (tertiary/aromatic N) is 2. The first-order valence-electron chi connectivity index (χ1n) is 9.71.